The number of hydrogen-bond acceptors (Lipinski definition) is 7. The summed E-state index contributed by atoms with van der Waals surface area (Å²) in [6.07, 6.45) is 0. The van der Waals surface area contributed by atoms with Crippen LogP contribution in [0, 0.1) is 0 Å². The van der Waals surface area contributed by atoms with Gasteiger partial charge >= 0.3 is 0 Å². The zero-order valence-electron chi connectivity index (χ0n) is 14.0. The van der Waals surface area contributed by atoms with E-state index in [9.17, 15) is 0 Å². The fourth-order valence-electron chi connectivity index (χ4n) is 2.62. The second-order valence-corrected chi connectivity index (χ2v) is 5.84. The molecule has 0 radical (unpaired) electrons. The van der Waals surface area contributed by atoms with Crippen LogP contribution in [0.3, 0.4) is 0 Å². The summed E-state index contributed by atoms with van der Waals surface area (Å²) in [5, 5.41) is 17.2. The van der Waals surface area contributed by atoms with Gasteiger partial charge in [0.1, 0.15) is 0 Å². The number of aromatic amines is 1. The van der Waals surface area contributed by atoms with E-state index in [1.54, 1.807) is 0 Å². The summed E-state index contributed by atoms with van der Waals surface area (Å²) in [5.74, 6) is 1.12. The quantitative estimate of drug-likeness (QED) is 0.396. The van der Waals surface area contributed by atoms with Gasteiger partial charge in [-0.1, -0.05) is 47.7 Å². The molecule has 130 valence electrons. The van der Waals surface area contributed by atoms with Crippen LogP contribution in [0.2, 0.25) is 0 Å². The zero-order chi connectivity index (χ0) is 17.8. The van der Waals surface area contributed by atoms with Crippen LogP contribution in [0.4, 0.5) is 17.5 Å². The predicted molar refractivity (Wildman–Crippen MR) is 101 cm³/mol. The van der Waals surface area contributed by atoms with Crippen molar-refractivity contribution in [3.8, 4) is 0 Å². The molecule has 0 bridgehead atoms. The van der Waals surface area contributed by atoms with Gasteiger partial charge in [0.05, 0.1) is 0 Å². The van der Waals surface area contributed by atoms with E-state index < -0.39 is 0 Å². The molecule has 0 atom stereocenters. The fraction of sp³-hybridized carbons (Fsp3) is 0.111. The van der Waals surface area contributed by atoms with E-state index >= 15 is 0 Å². The first-order valence-electron chi connectivity index (χ1n) is 8.23. The third kappa shape index (κ3) is 3.54. The second kappa shape index (κ2) is 7.06. The Labute approximate surface area is 149 Å². The summed E-state index contributed by atoms with van der Waals surface area (Å²) in [7, 11) is 0. The Hall–Kier alpha value is -3.68. The summed E-state index contributed by atoms with van der Waals surface area (Å²) >= 11 is 0. The SMILES string of the molecule is Nc1cccc(CNc2nc(NCc3ccccc3)nc3[nH]nnc23)c1. The Morgan fingerprint density at radius 1 is 0.885 bits per heavy atom. The number of nitrogens with zero attached hydrogens (tertiary/aromatic N) is 4. The number of hydrogen-bond donors (Lipinski definition) is 4. The molecule has 0 saturated carbocycles. The Balaban J connectivity index is 1.54. The first-order valence-corrected chi connectivity index (χ1v) is 8.23. The number of benzene rings is 2. The van der Waals surface area contributed by atoms with Crippen molar-refractivity contribution in [1.29, 1.82) is 0 Å². The molecule has 4 rings (SSSR count). The van der Waals surface area contributed by atoms with E-state index in [4.69, 9.17) is 5.73 Å². The lowest BCUT2D eigenvalue weighted by molar-refractivity contribution is 0.954. The van der Waals surface area contributed by atoms with Gasteiger partial charge in [0.2, 0.25) is 5.95 Å². The molecule has 0 saturated heterocycles. The number of nitrogens with one attached hydrogen (secondary N) is 3. The van der Waals surface area contributed by atoms with Gasteiger partial charge in [0, 0.05) is 18.8 Å². The van der Waals surface area contributed by atoms with E-state index in [1.165, 1.54) is 0 Å². The summed E-state index contributed by atoms with van der Waals surface area (Å²) in [4.78, 5) is 8.96. The standard InChI is InChI=1S/C18H18N8/c19-14-8-4-7-13(9-14)11-20-16-15-17(25-26-24-15)23-18(22-16)21-10-12-5-2-1-3-6-12/h1-9H,10-11,19H2,(H3,20,21,22,23,24,25,26). The van der Waals surface area contributed by atoms with E-state index in [2.05, 4.69) is 36.0 Å². The number of anilines is 3. The summed E-state index contributed by atoms with van der Waals surface area (Å²) in [5.41, 5.74) is 9.93. The van der Waals surface area contributed by atoms with Crippen LogP contribution in [-0.2, 0) is 13.1 Å². The molecular formula is C18H18N8. The van der Waals surface area contributed by atoms with E-state index in [1.807, 2.05) is 54.6 Å². The van der Waals surface area contributed by atoms with E-state index in [0.29, 0.717) is 36.0 Å². The molecule has 2 aromatic heterocycles. The largest absolute Gasteiger partial charge is 0.399 e. The molecule has 0 unspecified atom stereocenters. The highest BCUT2D eigenvalue weighted by Gasteiger charge is 2.11. The highest BCUT2D eigenvalue weighted by molar-refractivity contribution is 5.82. The summed E-state index contributed by atoms with van der Waals surface area (Å²) in [6, 6.07) is 17.8. The molecule has 2 heterocycles. The monoisotopic (exact) mass is 346 g/mol. The van der Waals surface area contributed by atoms with Gasteiger partial charge in [0.15, 0.2) is 17.0 Å². The molecule has 26 heavy (non-hydrogen) atoms. The van der Waals surface area contributed by atoms with Crippen LogP contribution in [0.25, 0.3) is 11.2 Å². The smallest absolute Gasteiger partial charge is 0.227 e. The van der Waals surface area contributed by atoms with Crippen LogP contribution < -0.4 is 16.4 Å². The van der Waals surface area contributed by atoms with Crippen LogP contribution in [0.15, 0.2) is 54.6 Å². The van der Waals surface area contributed by atoms with Crippen molar-refractivity contribution < 1.29 is 0 Å². The molecular weight excluding hydrogens is 328 g/mol. The molecule has 8 nitrogen and oxygen atoms in total. The van der Waals surface area contributed by atoms with Crippen LogP contribution in [-0.4, -0.2) is 25.4 Å². The summed E-state index contributed by atoms with van der Waals surface area (Å²) < 4.78 is 0. The van der Waals surface area contributed by atoms with Crippen molar-refractivity contribution in [2.45, 2.75) is 13.1 Å². The summed E-state index contributed by atoms with van der Waals surface area (Å²) in [6.45, 7) is 1.20. The predicted octanol–water partition coefficient (Wildman–Crippen LogP) is 2.55. The Morgan fingerprint density at radius 2 is 1.69 bits per heavy atom. The Kier molecular flexibility index (Phi) is 4.29. The third-order valence-electron chi connectivity index (χ3n) is 3.89. The van der Waals surface area contributed by atoms with Gasteiger partial charge in [-0.3, -0.25) is 0 Å². The fourth-order valence-corrected chi connectivity index (χ4v) is 2.62. The Morgan fingerprint density at radius 3 is 2.54 bits per heavy atom. The molecule has 0 amide bonds. The van der Waals surface area contributed by atoms with Crippen molar-refractivity contribution in [2.24, 2.45) is 0 Å². The first-order chi connectivity index (χ1) is 12.8. The second-order valence-electron chi connectivity index (χ2n) is 5.84. The minimum absolute atomic E-state index is 0.502. The molecule has 0 fully saturated rings. The van der Waals surface area contributed by atoms with E-state index in [-0.39, 0.29) is 0 Å². The van der Waals surface area contributed by atoms with Crippen LogP contribution >= 0.6 is 0 Å². The number of nitrogens with two attached hydrogens (primary N) is 1. The number of H-pyrrole nitrogens is 1. The van der Waals surface area contributed by atoms with E-state index in [0.717, 1.165) is 16.8 Å². The van der Waals surface area contributed by atoms with Crippen molar-refractivity contribution in [3.05, 3.63) is 65.7 Å². The maximum Gasteiger partial charge on any atom is 0.227 e. The van der Waals surface area contributed by atoms with Crippen molar-refractivity contribution >= 4 is 28.6 Å². The third-order valence-corrected chi connectivity index (χ3v) is 3.89. The lowest BCUT2D eigenvalue weighted by Gasteiger charge is -2.09. The molecule has 0 aliphatic heterocycles. The van der Waals surface area contributed by atoms with Crippen molar-refractivity contribution in [2.75, 3.05) is 16.4 Å². The Bertz CT molecular complexity index is 1010. The lowest BCUT2D eigenvalue weighted by atomic mass is 10.2. The number of aromatic nitrogens is 5. The minimum Gasteiger partial charge on any atom is -0.399 e. The lowest BCUT2D eigenvalue weighted by Crippen LogP contribution is -2.08. The highest BCUT2D eigenvalue weighted by atomic mass is 15.4. The number of rotatable bonds is 6. The van der Waals surface area contributed by atoms with Gasteiger partial charge in [-0.2, -0.15) is 9.97 Å². The molecule has 0 spiro atoms. The number of fused-ring (bicyclic) bond motifs is 1. The van der Waals surface area contributed by atoms with Crippen molar-refractivity contribution in [3.63, 3.8) is 0 Å². The zero-order valence-corrected chi connectivity index (χ0v) is 14.0. The maximum absolute atomic E-state index is 5.83. The minimum atomic E-state index is 0.502. The van der Waals surface area contributed by atoms with Gasteiger partial charge in [-0.05, 0) is 23.3 Å². The first kappa shape index (κ1) is 15.8. The highest BCUT2D eigenvalue weighted by Crippen LogP contribution is 2.19. The average Bonchev–Trinajstić information content (AvgIpc) is 3.14. The maximum atomic E-state index is 5.83. The molecule has 5 N–H and O–H groups in total. The van der Waals surface area contributed by atoms with Gasteiger partial charge < -0.3 is 16.4 Å². The normalized spacial score (nSPS) is 10.8. The van der Waals surface area contributed by atoms with Gasteiger partial charge in [-0.25, -0.2) is 5.10 Å². The van der Waals surface area contributed by atoms with Crippen LogP contribution in [0.5, 0.6) is 0 Å². The van der Waals surface area contributed by atoms with Gasteiger partial charge in [-0.15, -0.1) is 5.10 Å². The molecule has 4 aromatic rings. The van der Waals surface area contributed by atoms with Crippen LogP contribution in [0.1, 0.15) is 11.1 Å². The van der Waals surface area contributed by atoms with Crippen molar-refractivity contribution in [1.82, 2.24) is 25.4 Å². The average molecular weight is 346 g/mol. The topological polar surface area (TPSA) is 117 Å². The molecule has 0 aliphatic rings. The number of nitrogen functional groups attached to an aromatic ring is 1. The van der Waals surface area contributed by atoms with Gasteiger partial charge in [0.25, 0.3) is 0 Å². The molecule has 2 aromatic carbocycles. The molecule has 8 heteroatoms. The molecule has 0 aliphatic carbocycles.